The average Bonchev–Trinajstić information content (AvgIpc) is 2.75. The summed E-state index contributed by atoms with van der Waals surface area (Å²) in [4.78, 5) is 37.3. The zero-order valence-electron chi connectivity index (χ0n) is 17.3. The van der Waals surface area contributed by atoms with Gasteiger partial charge in [-0.2, -0.15) is 0 Å². The van der Waals surface area contributed by atoms with Crippen LogP contribution in [0.1, 0.15) is 21.5 Å². The number of carbonyl (C=O) groups is 2. The van der Waals surface area contributed by atoms with Gasteiger partial charge in [0.05, 0.1) is 50.0 Å². The number of amides is 1. The summed E-state index contributed by atoms with van der Waals surface area (Å²) in [6.45, 7) is 1.70. The smallest absolute Gasteiger partial charge is 0.340 e. The fraction of sp³-hybridized carbons (Fsp3) is 0.227. The van der Waals surface area contributed by atoms with Gasteiger partial charge in [-0.05, 0) is 30.7 Å². The summed E-state index contributed by atoms with van der Waals surface area (Å²) in [6.07, 6.45) is -0.285. The molecule has 0 saturated carbocycles. The van der Waals surface area contributed by atoms with Gasteiger partial charge in [-0.25, -0.2) is 9.59 Å². The molecule has 1 heterocycles. The Morgan fingerprint density at radius 3 is 2.48 bits per heavy atom. The monoisotopic (exact) mass is 445 g/mol. The van der Waals surface area contributed by atoms with Gasteiger partial charge in [-0.3, -0.25) is 4.79 Å². The van der Waals surface area contributed by atoms with Crippen LogP contribution in [-0.4, -0.2) is 33.2 Å². The lowest BCUT2D eigenvalue weighted by Gasteiger charge is -2.13. The van der Waals surface area contributed by atoms with Crippen molar-refractivity contribution in [1.82, 2.24) is 0 Å². The molecular weight excluding hydrogens is 426 g/mol. The lowest BCUT2D eigenvalue weighted by atomic mass is 10.0. The highest BCUT2D eigenvalue weighted by Gasteiger charge is 2.20. The zero-order valence-corrected chi connectivity index (χ0v) is 18.1. The first-order valence-electron chi connectivity index (χ1n) is 9.15. The van der Waals surface area contributed by atoms with Crippen LogP contribution in [0, 0.1) is 6.92 Å². The molecule has 162 valence electrons. The Balaban J connectivity index is 1.99. The predicted octanol–water partition coefficient (Wildman–Crippen LogP) is 3.74. The molecule has 0 saturated heterocycles. The second kappa shape index (κ2) is 9.09. The molecule has 9 heteroatoms. The van der Waals surface area contributed by atoms with E-state index in [0.717, 1.165) is 0 Å². The van der Waals surface area contributed by atoms with E-state index in [0.29, 0.717) is 27.5 Å². The maximum atomic E-state index is 12.7. The molecule has 0 aliphatic carbocycles. The largest absolute Gasteiger partial charge is 0.496 e. The number of aryl methyl sites for hydroxylation is 1. The Bertz CT molecular complexity index is 1230. The van der Waals surface area contributed by atoms with Crippen LogP contribution in [0.3, 0.4) is 0 Å². The van der Waals surface area contributed by atoms with Crippen LogP contribution in [0.25, 0.3) is 11.0 Å². The summed E-state index contributed by atoms with van der Waals surface area (Å²) in [5, 5.41) is 3.49. The second-order valence-electron chi connectivity index (χ2n) is 6.60. The molecule has 0 aliphatic rings. The molecule has 1 N–H and O–H groups in total. The van der Waals surface area contributed by atoms with E-state index in [4.69, 9.17) is 30.2 Å². The quantitative estimate of drug-likeness (QED) is 0.455. The summed E-state index contributed by atoms with van der Waals surface area (Å²) < 4.78 is 20.7. The molecule has 0 spiro atoms. The fourth-order valence-corrected chi connectivity index (χ4v) is 3.40. The molecule has 0 fully saturated rings. The van der Waals surface area contributed by atoms with Crippen molar-refractivity contribution >= 4 is 40.1 Å². The third-order valence-corrected chi connectivity index (χ3v) is 5.01. The van der Waals surface area contributed by atoms with Crippen LogP contribution in [-0.2, 0) is 16.0 Å². The molecule has 1 aromatic heterocycles. The molecule has 0 unspecified atom stereocenters. The molecule has 1 amide bonds. The number of benzene rings is 2. The summed E-state index contributed by atoms with van der Waals surface area (Å²) in [6, 6.07) is 7.61. The number of methoxy groups -OCH3 is 3. The van der Waals surface area contributed by atoms with Gasteiger partial charge in [0.25, 0.3) is 0 Å². The van der Waals surface area contributed by atoms with Crippen molar-refractivity contribution in [2.45, 2.75) is 13.3 Å². The van der Waals surface area contributed by atoms with Crippen LogP contribution < -0.4 is 20.4 Å². The molecule has 0 radical (unpaired) electrons. The molecule has 3 aromatic rings. The van der Waals surface area contributed by atoms with Gasteiger partial charge in [0, 0.05) is 17.2 Å². The molecule has 0 bridgehead atoms. The third-order valence-electron chi connectivity index (χ3n) is 4.77. The van der Waals surface area contributed by atoms with Gasteiger partial charge < -0.3 is 23.9 Å². The lowest BCUT2D eigenvalue weighted by molar-refractivity contribution is -0.115. The Morgan fingerprint density at radius 2 is 1.84 bits per heavy atom. The Kier molecular flexibility index (Phi) is 6.50. The van der Waals surface area contributed by atoms with E-state index in [-0.39, 0.29) is 28.8 Å². The number of fused-ring (bicyclic) bond motifs is 1. The second-order valence-corrected chi connectivity index (χ2v) is 7.04. The van der Waals surface area contributed by atoms with Gasteiger partial charge in [0.15, 0.2) is 0 Å². The SMILES string of the molecule is COC(=O)c1ccc(Cl)cc1NC(=O)Cc1c(C)c2c(OC)cc(OC)cc2oc1=O. The summed E-state index contributed by atoms with van der Waals surface area (Å²) >= 11 is 5.99. The highest BCUT2D eigenvalue weighted by molar-refractivity contribution is 6.31. The van der Waals surface area contributed by atoms with Gasteiger partial charge >= 0.3 is 11.6 Å². The zero-order chi connectivity index (χ0) is 22.7. The maximum Gasteiger partial charge on any atom is 0.340 e. The number of nitrogens with one attached hydrogen (secondary N) is 1. The maximum absolute atomic E-state index is 12.7. The minimum atomic E-state index is -0.658. The minimum absolute atomic E-state index is 0.135. The molecule has 3 rings (SSSR count). The summed E-state index contributed by atoms with van der Waals surface area (Å²) in [5.41, 5.74) is 0.640. The number of rotatable bonds is 6. The third kappa shape index (κ3) is 4.49. The van der Waals surface area contributed by atoms with Crippen molar-refractivity contribution in [2.24, 2.45) is 0 Å². The molecule has 0 atom stereocenters. The highest BCUT2D eigenvalue weighted by Crippen LogP contribution is 2.34. The number of hydrogen-bond acceptors (Lipinski definition) is 7. The van der Waals surface area contributed by atoms with E-state index >= 15 is 0 Å². The molecule has 0 aliphatic heterocycles. The van der Waals surface area contributed by atoms with E-state index in [1.165, 1.54) is 39.5 Å². The van der Waals surface area contributed by atoms with Crippen LogP contribution in [0.5, 0.6) is 11.5 Å². The molecule has 2 aromatic carbocycles. The van der Waals surface area contributed by atoms with Crippen molar-refractivity contribution in [3.05, 3.63) is 62.5 Å². The number of halogens is 1. The van der Waals surface area contributed by atoms with Crippen LogP contribution >= 0.6 is 11.6 Å². The Hall–Kier alpha value is -3.52. The van der Waals surface area contributed by atoms with E-state index in [1.54, 1.807) is 19.1 Å². The van der Waals surface area contributed by atoms with Crippen molar-refractivity contribution < 1.29 is 28.2 Å². The van der Waals surface area contributed by atoms with Crippen LogP contribution in [0.15, 0.2) is 39.5 Å². The van der Waals surface area contributed by atoms with Gasteiger partial charge in [-0.1, -0.05) is 11.6 Å². The van der Waals surface area contributed by atoms with Gasteiger partial charge in [-0.15, -0.1) is 0 Å². The fourth-order valence-electron chi connectivity index (χ4n) is 3.23. The first-order chi connectivity index (χ1) is 14.8. The molecular formula is C22H20ClNO7. The Morgan fingerprint density at radius 1 is 1.10 bits per heavy atom. The van der Waals surface area contributed by atoms with E-state index in [9.17, 15) is 14.4 Å². The van der Waals surface area contributed by atoms with Gasteiger partial charge in [0.2, 0.25) is 5.91 Å². The molecule has 8 nitrogen and oxygen atoms in total. The van der Waals surface area contributed by atoms with Crippen molar-refractivity contribution in [3.63, 3.8) is 0 Å². The molecule has 31 heavy (non-hydrogen) atoms. The predicted molar refractivity (Wildman–Crippen MR) is 115 cm³/mol. The van der Waals surface area contributed by atoms with E-state index in [1.807, 2.05) is 0 Å². The van der Waals surface area contributed by atoms with Crippen molar-refractivity contribution in [3.8, 4) is 11.5 Å². The van der Waals surface area contributed by atoms with Crippen LogP contribution in [0.2, 0.25) is 5.02 Å². The minimum Gasteiger partial charge on any atom is -0.496 e. The number of esters is 1. The number of ether oxygens (including phenoxy) is 3. The van der Waals surface area contributed by atoms with E-state index < -0.39 is 17.5 Å². The van der Waals surface area contributed by atoms with E-state index in [2.05, 4.69) is 5.32 Å². The number of anilines is 1. The van der Waals surface area contributed by atoms with Crippen molar-refractivity contribution in [1.29, 1.82) is 0 Å². The van der Waals surface area contributed by atoms with Crippen molar-refractivity contribution in [2.75, 3.05) is 26.6 Å². The number of carbonyl (C=O) groups excluding carboxylic acids is 2. The topological polar surface area (TPSA) is 104 Å². The highest BCUT2D eigenvalue weighted by atomic mass is 35.5. The first-order valence-corrected chi connectivity index (χ1v) is 9.52. The average molecular weight is 446 g/mol. The standard InChI is InChI=1S/C22H20ClNO7/c1-11-15(22(27)31-18-9-13(28-2)8-17(29-3)20(11)18)10-19(25)24-16-7-12(23)5-6-14(16)21(26)30-4/h5-9H,10H2,1-4H3,(H,24,25). The summed E-state index contributed by atoms with van der Waals surface area (Å²) in [5.74, 6) is -0.254. The lowest BCUT2D eigenvalue weighted by Crippen LogP contribution is -2.22. The van der Waals surface area contributed by atoms with Crippen LogP contribution in [0.4, 0.5) is 5.69 Å². The summed E-state index contributed by atoms with van der Waals surface area (Å²) in [7, 11) is 4.20. The Labute approximate surface area is 182 Å². The number of hydrogen-bond donors (Lipinski definition) is 1. The normalized spacial score (nSPS) is 10.6. The first kappa shape index (κ1) is 22.2. The van der Waals surface area contributed by atoms with Gasteiger partial charge in [0.1, 0.15) is 17.1 Å².